The lowest BCUT2D eigenvalue weighted by Crippen LogP contribution is -2.32. The highest BCUT2D eigenvalue weighted by atomic mass is 19.1. The molecule has 5 rings (SSSR count). The Kier molecular flexibility index (Phi) is 8.01. The highest BCUT2D eigenvalue weighted by Crippen LogP contribution is 2.31. The molecule has 42 heavy (non-hydrogen) atoms. The zero-order valence-corrected chi connectivity index (χ0v) is 22.1. The molecule has 0 saturated heterocycles. The molecule has 0 unspecified atom stereocenters. The quantitative estimate of drug-likeness (QED) is 0.200. The van der Waals surface area contributed by atoms with Crippen molar-refractivity contribution in [2.45, 2.75) is 18.9 Å². The summed E-state index contributed by atoms with van der Waals surface area (Å²) in [5.74, 6) is -5.19. The van der Waals surface area contributed by atoms with Crippen molar-refractivity contribution in [3.63, 3.8) is 0 Å². The van der Waals surface area contributed by atoms with Gasteiger partial charge >= 0.3 is 0 Å². The van der Waals surface area contributed by atoms with Crippen molar-refractivity contribution >= 4 is 22.7 Å². The monoisotopic (exact) mass is 578 g/mol. The first kappa shape index (κ1) is 28.5. The summed E-state index contributed by atoms with van der Waals surface area (Å²) in [6.07, 6.45) is 2.48. The van der Waals surface area contributed by atoms with Gasteiger partial charge in [0.2, 0.25) is 5.91 Å². The van der Waals surface area contributed by atoms with Gasteiger partial charge in [0.05, 0.1) is 29.2 Å². The lowest BCUT2D eigenvalue weighted by molar-refractivity contribution is -0.121. The highest BCUT2D eigenvalue weighted by molar-refractivity contribution is 5.95. The number of rotatable bonds is 8. The van der Waals surface area contributed by atoms with Gasteiger partial charge in [-0.2, -0.15) is 0 Å². The van der Waals surface area contributed by atoms with Gasteiger partial charge in [-0.05, 0) is 59.5 Å². The molecule has 0 bridgehead atoms. The van der Waals surface area contributed by atoms with E-state index >= 15 is 0 Å². The number of aromatic amines is 1. The second-order valence-electron chi connectivity index (χ2n) is 9.61. The van der Waals surface area contributed by atoms with E-state index in [2.05, 4.69) is 20.6 Å². The Morgan fingerprint density at radius 1 is 0.905 bits per heavy atom. The number of benzene rings is 3. The molecule has 214 valence electrons. The molecule has 0 spiro atoms. The zero-order chi connectivity index (χ0) is 30.0. The van der Waals surface area contributed by atoms with E-state index in [0.717, 1.165) is 36.4 Å². The predicted molar refractivity (Wildman–Crippen MR) is 146 cm³/mol. The molecule has 2 heterocycles. The van der Waals surface area contributed by atoms with Crippen LogP contribution in [-0.4, -0.2) is 28.8 Å². The minimum Gasteiger partial charge on any atom is -0.358 e. The second-order valence-corrected chi connectivity index (χ2v) is 9.61. The third-order valence-electron chi connectivity index (χ3n) is 6.76. The number of fused-ring (bicyclic) bond motifs is 1. The fraction of sp³-hybridized carbons (Fsp3) is 0.129. The predicted octanol–water partition coefficient (Wildman–Crippen LogP) is 5.93. The molecule has 1 atom stereocenters. The van der Waals surface area contributed by atoms with Gasteiger partial charge in [0.1, 0.15) is 29.1 Å². The third-order valence-corrected chi connectivity index (χ3v) is 6.76. The number of aromatic nitrogens is 2. The van der Waals surface area contributed by atoms with Crippen LogP contribution in [0.3, 0.4) is 0 Å². The fourth-order valence-corrected chi connectivity index (χ4v) is 4.90. The van der Waals surface area contributed by atoms with Crippen LogP contribution in [0.5, 0.6) is 0 Å². The van der Waals surface area contributed by atoms with Crippen LogP contribution in [-0.2, 0) is 17.6 Å². The van der Waals surface area contributed by atoms with Crippen molar-refractivity contribution in [3.05, 3.63) is 125 Å². The van der Waals surface area contributed by atoms with Crippen LogP contribution in [0.2, 0.25) is 0 Å². The number of nitrogens with zero attached hydrogens (tertiary/aromatic N) is 1. The number of carbonyl (C=O) groups excluding carboxylic acids is 2. The van der Waals surface area contributed by atoms with Crippen LogP contribution >= 0.6 is 0 Å². The topological polar surface area (TPSA) is 86.9 Å². The van der Waals surface area contributed by atoms with Gasteiger partial charge < -0.3 is 15.6 Å². The second kappa shape index (κ2) is 11.8. The van der Waals surface area contributed by atoms with Crippen molar-refractivity contribution in [1.82, 2.24) is 20.6 Å². The standard InChI is InChI=1S/C31H23F5N4O2/c1-37-31(42)24-10-17(4-5-25(24)35)22-3-2-6-38-30(22)27(9-16-7-19(32)12-20(33)8-16)40-28(41)11-18-15-39-29-23(18)13-21(34)14-26(29)36/h2-8,10,12-15,27,39H,9,11H2,1H3,(H,37,42)(H,40,41)/t27-/m0/s1. The average Bonchev–Trinajstić information content (AvgIpc) is 3.34. The van der Waals surface area contributed by atoms with Gasteiger partial charge in [0.15, 0.2) is 0 Å². The van der Waals surface area contributed by atoms with Crippen LogP contribution in [0.15, 0.2) is 73.1 Å². The summed E-state index contributed by atoms with van der Waals surface area (Å²) in [7, 11) is 1.37. The summed E-state index contributed by atoms with van der Waals surface area (Å²) in [4.78, 5) is 32.7. The number of pyridine rings is 1. The summed E-state index contributed by atoms with van der Waals surface area (Å²) >= 11 is 0. The number of nitrogens with one attached hydrogen (secondary N) is 3. The molecule has 5 aromatic rings. The van der Waals surface area contributed by atoms with Crippen molar-refractivity contribution in [2.24, 2.45) is 0 Å². The molecule has 0 saturated carbocycles. The van der Waals surface area contributed by atoms with Gasteiger partial charge in [-0.15, -0.1) is 0 Å². The molecule has 3 N–H and O–H groups in total. The normalized spacial score (nSPS) is 11.9. The van der Waals surface area contributed by atoms with E-state index in [1.807, 2.05) is 0 Å². The number of H-pyrrole nitrogens is 1. The number of halogens is 5. The number of hydrogen-bond acceptors (Lipinski definition) is 3. The molecule has 0 radical (unpaired) electrons. The van der Waals surface area contributed by atoms with Crippen molar-refractivity contribution < 1.29 is 31.5 Å². The number of hydrogen-bond donors (Lipinski definition) is 3. The van der Waals surface area contributed by atoms with Gasteiger partial charge in [-0.3, -0.25) is 14.6 Å². The van der Waals surface area contributed by atoms with Gasteiger partial charge in [0.25, 0.3) is 5.91 Å². The first-order valence-corrected chi connectivity index (χ1v) is 12.8. The lowest BCUT2D eigenvalue weighted by atomic mass is 9.94. The number of carbonyl (C=O) groups is 2. The third kappa shape index (κ3) is 5.99. The van der Waals surface area contributed by atoms with Crippen LogP contribution in [0, 0.1) is 29.1 Å². The molecule has 2 amide bonds. The molecule has 6 nitrogen and oxygen atoms in total. The molecule has 3 aromatic carbocycles. The van der Waals surface area contributed by atoms with E-state index in [4.69, 9.17) is 0 Å². The molecular formula is C31H23F5N4O2. The Morgan fingerprint density at radius 2 is 1.64 bits per heavy atom. The average molecular weight is 579 g/mol. The minimum absolute atomic E-state index is 0.0428. The SMILES string of the molecule is CNC(=O)c1cc(-c2cccnc2[C@H](Cc2cc(F)cc(F)c2)NC(=O)Cc2c[nH]c3c(F)cc(F)cc23)ccc1F. The van der Waals surface area contributed by atoms with Crippen LogP contribution in [0.25, 0.3) is 22.0 Å². The molecular weight excluding hydrogens is 555 g/mol. The van der Waals surface area contributed by atoms with Gasteiger partial charge in [-0.25, -0.2) is 22.0 Å². The first-order valence-electron chi connectivity index (χ1n) is 12.8. The smallest absolute Gasteiger partial charge is 0.254 e. The molecule has 0 fully saturated rings. The summed E-state index contributed by atoms with van der Waals surface area (Å²) < 4.78 is 70.6. The zero-order valence-electron chi connectivity index (χ0n) is 22.1. The van der Waals surface area contributed by atoms with Crippen molar-refractivity contribution in [1.29, 1.82) is 0 Å². The summed E-state index contributed by atoms with van der Waals surface area (Å²) in [5.41, 5.74) is 1.49. The molecule has 2 aromatic heterocycles. The van der Waals surface area contributed by atoms with E-state index in [1.165, 1.54) is 31.6 Å². The molecule has 0 aliphatic heterocycles. The largest absolute Gasteiger partial charge is 0.358 e. The molecule has 0 aliphatic rings. The Labute approximate surface area is 236 Å². The van der Waals surface area contributed by atoms with Crippen LogP contribution in [0.1, 0.15) is 33.2 Å². The first-order chi connectivity index (χ1) is 20.1. The van der Waals surface area contributed by atoms with Crippen molar-refractivity contribution in [2.75, 3.05) is 7.05 Å². The van der Waals surface area contributed by atoms with E-state index in [0.29, 0.717) is 16.7 Å². The van der Waals surface area contributed by atoms with Gasteiger partial charge in [0, 0.05) is 42.5 Å². The Balaban J connectivity index is 1.53. The summed E-state index contributed by atoms with van der Waals surface area (Å²) in [5, 5.41) is 5.39. The fourth-order valence-electron chi connectivity index (χ4n) is 4.90. The molecule has 0 aliphatic carbocycles. The summed E-state index contributed by atoms with van der Waals surface area (Å²) in [6.45, 7) is 0. The van der Waals surface area contributed by atoms with Crippen molar-refractivity contribution in [3.8, 4) is 11.1 Å². The Morgan fingerprint density at radius 3 is 2.38 bits per heavy atom. The number of amides is 2. The Bertz CT molecular complexity index is 1800. The van der Waals surface area contributed by atoms with E-state index in [1.54, 1.807) is 12.1 Å². The minimum atomic E-state index is -0.956. The molecule has 11 heteroatoms. The summed E-state index contributed by atoms with van der Waals surface area (Å²) in [6, 6.07) is 11.0. The lowest BCUT2D eigenvalue weighted by Gasteiger charge is -2.22. The van der Waals surface area contributed by atoms with E-state index < -0.39 is 46.9 Å². The maximum Gasteiger partial charge on any atom is 0.254 e. The maximum atomic E-state index is 14.4. The highest BCUT2D eigenvalue weighted by Gasteiger charge is 2.23. The van der Waals surface area contributed by atoms with Crippen LogP contribution < -0.4 is 10.6 Å². The Hall–Kier alpha value is -5.06. The van der Waals surface area contributed by atoms with Gasteiger partial charge in [-0.1, -0.05) is 12.1 Å². The maximum absolute atomic E-state index is 14.4. The van der Waals surface area contributed by atoms with E-state index in [-0.39, 0.29) is 40.6 Å². The van der Waals surface area contributed by atoms with E-state index in [9.17, 15) is 31.5 Å². The van der Waals surface area contributed by atoms with Crippen LogP contribution in [0.4, 0.5) is 22.0 Å².